The zero-order chi connectivity index (χ0) is 12.5. The fraction of sp³-hybridized carbons (Fsp3) is 0.417. The van der Waals surface area contributed by atoms with Crippen LogP contribution < -0.4 is 0 Å². The van der Waals surface area contributed by atoms with Gasteiger partial charge in [0.05, 0.1) is 0 Å². The van der Waals surface area contributed by atoms with Crippen LogP contribution in [0.4, 0.5) is 0 Å². The Labute approximate surface area is 106 Å². The molecule has 0 aliphatic carbocycles. The third-order valence-corrected chi connectivity index (χ3v) is 2.76. The Hall–Kier alpha value is -1.42. The zero-order valence-corrected chi connectivity index (χ0v) is 10.9. The number of aromatic nitrogens is 4. The molecular formula is C12H15ClN4. The van der Waals surface area contributed by atoms with E-state index < -0.39 is 0 Å². The highest BCUT2D eigenvalue weighted by Crippen LogP contribution is 2.23. The maximum atomic E-state index is 5.91. The molecule has 0 atom stereocenters. The van der Waals surface area contributed by atoms with E-state index in [1.54, 1.807) is 11.0 Å². The lowest BCUT2D eigenvalue weighted by molar-refractivity contribution is 0.565. The molecule has 0 amide bonds. The zero-order valence-electron chi connectivity index (χ0n) is 10.2. The van der Waals surface area contributed by atoms with Crippen molar-refractivity contribution < 1.29 is 0 Å². The lowest BCUT2D eigenvalue weighted by atomic mass is 9.91. The first-order valence-corrected chi connectivity index (χ1v) is 5.96. The summed E-state index contributed by atoms with van der Waals surface area (Å²) in [6, 6.07) is 3.96. The van der Waals surface area contributed by atoms with Gasteiger partial charge < -0.3 is 0 Å². The monoisotopic (exact) mass is 250 g/mol. The summed E-state index contributed by atoms with van der Waals surface area (Å²) in [7, 11) is 0. The van der Waals surface area contributed by atoms with E-state index in [1.807, 2.05) is 12.1 Å². The minimum Gasteiger partial charge on any atom is -0.233 e. The van der Waals surface area contributed by atoms with Crippen LogP contribution in [0.25, 0.3) is 5.82 Å². The Morgan fingerprint density at radius 1 is 1.29 bits per heavy atom. The van der Waals surface area contributed by atoms with Gasteiger partial charge in [-0.05, 0) is 17.7 Å². The van der Waals surface area contributed by atoms with Gasteiger partial charge in [-0.1, -0.05) is 20.8 Å². The van der Waals surface area contributed by atoms with Gasteiger partial charge in [0.2, 0.25) is 0 Å². The Kier molecular flexibility index (Phi) is 3.15. The van der Waals surface area contributed by atoms with Crippen LogP contribution in [0, 0.1) is 0 Å². The maximum absolute atomic E-state index is 5.91. The van der Waals surface area contributed by atoms with Crippen LogP contribution in [-0.2, 0) is 11.3 Å². The number of halogens is 1. The molecule has 0 unspecified atom stereocenters. The van der Waals surface area contributed by atoms with Gasteiger partial charge in [0.1, 0.15) is 12.7 Å². The quantitative estimate of drug-likeness (QED) is 0.770. The summed E-state index contributed by atoms with van der Waals surface area (Å²) in [6.07, 6.45) is 3.12. The van der Waals surface area contributed by atoms with Gasteiger partial charge in [0, 0.05) is 17.0 Å². The minimum atomic E-state index is -0.0165. The standard InChI is InChI=1S/C12H15ClN4/c1-12(2,3)10-4-9(6-13)5-11(16-10)17-8-14-7-15-17/h4-5,7-8H,6H2,1-3H3. The van der Waals surface area contributed by atoms with Crippen molar-refractivity contribution in [2.75, 3.05) is 0 Å². The Bertz CT molecular complexity index is 500. The molecule has 0 fully saturated rings. The second-order valence-corrected chi connectivity index (χ2v) is 5.21. The highest BCUT2D eigenvalue weighted by atomic mass is 35.5. The van der Waals surface area contributed by atoms with Crippen molar-refractivity contribution in [3.8, 4) is 5.82 Å². The lowest BCUT2D eigenvalue weighted by Crippen LogP contribution is -2.15. The van der Waals surface area contributed by atoms with Crippen molar-refractivity contribution in [3.63, 3.8) is 0 Å². The molecule has 17 heavy (non-hydrogen) atoms. The third kappa shape index (κ3) is 2.64. The number of hydrogen-bond donors (Lipinski definition) is 0. The smallest absolute Gasteiger partial charge is 0.155 e. The molecule has 2 aromatic heterocycles. The molecule has 0 aliphatic rings. The molecule has 2 aromatic rings. The fourth-order valence-corrected chi connectivity index (χ4v) is 1.63. The molecule has 2 rings (SSSR count). The second-order valence-electron chi connectivity index (χ2n) is 4.94. The van der Waals surface area contributed by atoms with Crippen molar-refractivity contribution in [1.82, 2.24) is 19.7 Å². The van der Waals surface area contributed by atoms with E-state index in [2.05, 4.69) is 35.8 Å². The average Bonchev–Trinajstić information content (AvgIpc) is 2.80. The summed E-state index contributed by atoms with van der Waals surface area (Å²) < 4.78 is 1.64. The highest BCUT2D eigenvalue weighted by molar-refractivity contribution is 6.17. The lowest BCUT2D eigenvalue weighted by Gasteiger charge is -2.19. The molecule has 0 saturated carbocycles. The number of alkyl halides is 1. The predicted octanol–water partition coefficient (Wildman–Crippen LogP) is 2.70. The van der Waals surface area contributed by atoms with E-state index >= 15 is 0 Å². The SMILES string of the molecule is CC(C)(C)c1cc(CCl)cc(-n2cncn2)n1. The van der Waals surface area contributed by atoms with Gasteiger partial charge >= 0.3 is 0 Å². The summed E-state index contributed by atoms with van der Waals surface area (Å²) >= 11 is 5.91. The summed E-state index contributed by atoms with van der Waals surface area (Å²) in [6.45, 7) is 6.37. The molecular weight excluding hydrogens is 236 g/mol. The summed E-state index contributed by atoms with van der Waals surface area (Å²) in [4.78, 5) is 8.52. The normalized spacial score (nSPS) is 11.8. The van der Waals surface area contributed by atoms with E-state index in [1.165, 1.54) is 6.33 Å². The van der Waals surface area contributed by atoms with E-state index in [4.69, 9.17) is 11.6 Å². The first kappa shape index (κ1) is 12.0. The van der Waals surface area contributed by atoms with E-state index in [9.17, 15) is 0 Å². The first-order valence-electron chi connectivity index (χ1n) is 5.43. The molecule has 0 radical (unpaired) electrons. The Morgan fingerprint density at radius 3 is 2.59 bits per heavy atom. The molecule has 0 aromatic carbocycles. The van der Waals surface area contributed by atoms with Crippen LogP contribution in [0.1, 0.15) is 32.0 Å². The van der Waals surface area contributed by atoms with E-state index in [0.29, 0.717) is 5.88 Å². The molecule has 90 valence electrons. The van der Waals surface area contributed by atoms with Crippen LogP contribution in [0.3, 0.4) is 0 Å². The fourth-order valence-electron chi connectivity index (χ4n) is 1.48. The first-order chi connectivity index (χ1) is 8.00. The van der Waals surface area contributed by atoms with Gasteiger partial charge in [-0.15, -0.1) is 11.6 Å². The summed E-state index contributed by atoms with van der Waals surface area (Å²) in [5.41, 5.74) is 2.02. The van der Waals surface area contributed by atoms with E-state index in [-0.39, 0.29) is 5.41 Å². The number of pyridine rings is 1. The van der Waals surface area contributed by atoms with Crippen LogP contribution in [-0.4, -0.2) is 19.7 Å². The molecule has 0 N–H and O–H groups in total. The largest absolute Gasteiger partial charge is 0.233 e. The van der Waals surface area contributed by atoms with Crippen molar-refractivity contribution in [1.29, 1.82) is 0 Å². The highest BCUT2D eigenvalue weighted by Gasteiger charge is 2.17. The molecule has 0 spiro atoms. The minimum absolute atomic E-state index is 0.0165. The molecule has 0 saturated heterocycles. The number of hydrogen-bond acceptors (Lipinski definition) is 3. The van der Waals surface area contributed by atoms with Gasteiger partial charge in [-0.25, -0.2) is 14.6 Å². The van der Waals surface area contributed by atoms with Crippen LogP contribution >= 0.6 is 11.6 Å². The van der Waals surface area contributed by atoms with Gasteiger partial charge in [0.25, 0.3) is 0 Å². The molecule has 5 heteroatoms. The Morgan fingerprint density at radius 2 is 2.06 bits per heavy atom. The molecule has 2 heterocycles. The Balaban J connectivity index is 2.54. The van der Waals surface area contributed by atoms with E-state index in [0.717, 1.165) is 17.1 Å². The summed E-state index contributed by atoms with van der Waals surface area (Å²) in [5.74, 6) is 1.22. The average molecular weight is 251 g/mol. The topological polar surface area (TPSA) is 43.6 Å². The molecule has 4 nitrogen and oxygen atoms in total. The maximum Gasteiger partial charge on any atom is 0.155 e. The predicted molar refractivity (Wildman–Crippen MR) is 67.4 cm³/mol. The van der Waals surface area contributed by atoms with Crippen molar-refractivity contribution in [2.45, 2.75) is 32.1 Å². The summed E-state index contributed by atoms with van der Waals surface area (Å²) in [5, 5.41) is 4.09. The second kappa shape index (κ2) is 4.45. The molecule has 0 bridgehead atoms. The van der Waals surface area contributed by atoms with Crippen LogP contribution in [0.5, 0.6) is 0 Å². The van der Waals surface area contributed by atoms with Gasteiger partial charge in [-0.2, -0.15) is 5.10 Å². The van der Waals surface area contributed by atoms with Crippen LogP contribution in [0.15, 0.2) is 24.8 Å². The number of nitrogens with zero attached hydrogens (tertiary/aromatic N) is 4. The van der Waals surface area contributed by atoms with Gasteiger partial charge in [0.15, 0.2) is 5.82 Å². The number of rotatable bonds is 2. The van der Waals surface area contributed by atoms with Crippen molar-refractivity contribution >= 4 is 11.6 Å². The molecule has 0 aliphatic heterocycles. The van der Waals surface area contributed by atoms with Gasteiger partial charge in [-0.3, -0.25) is 0 Å². The van der Waals surface area contributed by atoms with Crippen LogP contribution in [0.2, 0.25) is 0 Å². The van der Waals surface area contributed by atoms with Crippen molar-refractivity contribution in [3.05, 3.63) is 36.0 Å². The third-order valence-electron chi connectivity index (χ3n) is 2.45. The van der Waals surface area contributed by atoms with Crippen molar-refractivity contribution in [2.24, 2.45) is 0 Å².